The first-order chi connectivity index (χ1) is 9.17. The molecular formula is C18H35N. The molecule has 0 aromatic heterocycles. The second kappa shape index (κ2) is 7.67. The molecule has 2 fully saturated rings. The van der Waals surface area contributed by atoms with E-state index in [4.69, 9.17) is 0 Å². The summed E-state index contributed by atoms with van der Waals surface area (Å²) in [6.07, 6.45) is 11.8. The molecule has 19 heavy (non-hydrogen) atoms. The molecule has 0 spiro atoms. The molecule has 0 atom stereocenters. The first kappa shape index (κ1) is 15.4. The Labute approximate surface area is 121 Å². The normalized spacial score (nSPS) is 30.9. The molecule has 0 bridgehead atoms. The van der Waals surface area contributed by atoms with Crippen molar-refractivity contribution < 1.29 is 0 Å². The summed E-state index contributed by atoms with van der Waals surface area (Å²) in [5.74, 6) is 3.98. The highest BCUT2D eigenvalue weighted by molar-refractivity contribution is 4.78. The van der Waals surface area contributed by atoms with E-state index in [2.05, 4.69) is 25.7 Å². The molecule has 2 aliphatic rings. The number of nitrogens with zero attached hydrogens (tertiary/aromatic N) is 1. The third-order valence-corrected chi connectivity index (χ3v) is 5.57. The van der Waals surface area contributed by atoms with Crippen LogP contribution in [0.4, 0.5) is 0 Å². The molecule has 1 saturated heterocycles. The molecule has 1 nitrogen and oxygen atoms in total. The van der Waals surface area contributed by atoms with E-state index in [-0.39, 0.29) is 0 Å². The number of likely N-dealkylation sites (tertiary alicyclic amines) is 1. The molecule has 0 unspecified atom stereocenters. The first-order valence-corrected chi connectivity index (χ1v) is 8.89. The summed E-state index contributed by atoms with van der Waals surface area (Å²) in [5, 5.41) is 0. The Hall–Kier alpha value is -0.0400. The Morgan fingerprint density at radius 3 is 1.95 bits per heavy atom. The smallest absolute Gasteiger partial charge is 0.000966 e. The summed E-state index contributed by atoms with van der Waals surface area (Å²) in [6, 6.07) is 0. The van der Waals surface area contributed by atoms with E-state index >= 15 is 0 Å². The van der Waals surface area contributed by atoms with Crippen LogP contribution in [0.1, 0.15) is 72.1 Å². The van der Waals surface area contributed by atoms with Crippen LogP contribution in [0.5, 0.6) is 0 Å². The van der Waals surface area contributed by atoms with Crippen molar-refractivity contribution in [3.8, 4) is 0 Å². The largest absolute Gasteiger partial charge is 0.303 e. The van der Waals surface area contributed by atoms with Crippen LogP contribution >= 0.6 is 0 Å². The van der Waals surface area contributed by atoms with Crippen molar-refractivity contribution >= 4 is 0 Å². The van der Waals surface area contributed by atoms with Crippen LogP contribution in [-0.2, 0) is 0 Å². The van der Waals surface area contributed by atoms with Crippen LogP contribution < -0.4 is 0 Å². The minimum atomic E-state index is 0.890. The van der Waals surface area contributed by atoms with Crippen LogP contribution in [0.25, 0.3) is 0 Å². The minimum absolute atomic E-state index is 0.890. The van der Waals surface area contributed by atoms with E-state index in [1.807, 2.05) is 0 Å². The van der Waals surface area contributed by atoms with Crippen molar-refractivity contribution in [2.24, 2.45) is 23.7 Å². The first-order valence-electron chi connectivity index (χ1n) is 8.89. The van der Waals surface area contributed by atoms with Crippen molar-refractivity contribution in [3.05, 3.63) is 0 Å². The lowest BCUT2D eigenvalue weighted by Crippen LogP contribution is -2.38. The van der Waals surface area contributed by atoms with Gasteiger partial charge in [0.15, 0.2) is 0 Å². The third kappa shape index (κ3) is 5.10. The lowest BCUT2D eigenvalue weighted by atomic mass is 9.80. The van der Waals surface area contributed by atoms with Crippen molar-refractivity contribution in [2.75, 3.05) is 19.6 Å². The van der Waals surface area contributed by atoms with Crippen LogP contribution in [0.15, 0.2) is 0 Å². The van der Waals surface area contributed by atoms with Crippen LogP contribution in [0.2, 0.25) is 0 Å². The fourth-order valence-electron chi connectivity index (χ4n) is 4.26. The molecule has 0 N–H and O–H groups in total. The highest BCUT2D eigenvalue weighted by Crippen LogP contribution is 2.32. The Morgan fingerprint density at radius 1 is 0.842 bits per heavy atom. The quantitative estimate of drug-likeness (QED) is 0.679. The molecule has 0 amide bonds. The third-order valence-electron chi connectivity index (χ3n) is 5.57. The van der Waals surface area contributed by atoms with Crippen LogP contribution in [0.3, 0.4) is 0 Å². The van der Waals surface area contributed by atoms with Gasteiger partial charge in [0.25, 0.3) is 0 Å². The van der Waals surface area contributed by atoms with Gasteiger partial charge in [-0.05, 0) is 68.9 Å². The summed E-state index contributed by atoms with van der Waals surface area (Å²) in [7, 11) is 0. The molecule has 1 aliphatic heterocycles. The predicted molar refractivity (Wildman–Crippen MR) is 84.4 cm³/mol. The highest BCUT2D eigenvalue weighted by Gasteiger charge is 2.25. The van der Waals surface area contributed by atoms with Gasteiger partial charge in [0.1, 0.15) is 0 Å². The Morgan fingerprint density at radius 2 is 1.42 bits per heavy atom. The van der Waals surface area contributed by atoms with Gasteiger partial charge in [-0.15, -0.1) is 0 Å². The molecule has 112 valence electrons. The minimum Gasteiger partial charge on any atom is -0.303 e. The molecule has 1 heteroatoms. The molecule has 0 aromatic rings. The van der Waals surface area contributed by atoms with E-state index in [1.165, 1.54) is 71.0 Å². The van der Waals surface area contributed by atoms with E-state index in [1.54, 1.807) is 0 Å². The maximum Gasteiger partial charge on any atom is 0.000966 e. The topological polar surface area (TPSA) is 3.24 Å². The number of piperidine rings is 1. The standard InChI is InChI=1S/C18H35N/c1-4-16-5-7-18(8-6-16)14-19-11-9-17(10-12-19)13-15(2)3/h15-18H,4-14H2,1-3H3. The molecule has 0 aromatic carbocycles. The van der Waals surface area contributed by atoms with Gasteiger partial charge in [0, 0.05) is 6.54 Å². The van der Waals surface area contributed by atoms with Gasteiger partial charge >= 0.3 is 0 Å². The van der Waals surface area contributed by atoms with Gasteiger partial charge in [0.2, 0.25) is 0 Å². The van der Waals surface area contributed by atoms with E-state index in [9.17, 15) is 0 Å². The fourth-order valence-corrected chi connectivity index (χ4v) is 4.26. The second-order valence-electron chi connectivity index (χ2n) is 7.67. The lowest BCUT2D eigenvalue weighted by molar-refractivity contribution is 0.128. The average Bonchev–Trinajstić information content (AvgIpc) is 2.41. The highest BCUT2D eigenvalue weighted by atomic mass is 15.1. The maximum atomic E-state index is 2.77. The molecule has 1 heterocycles. The number of hydrogen-bond acceptors (Lipinski definition) is 1. The van der Waals surface area contributed by atoms with Gasteiger partial charge in [-0.2, -0.15) is 0 Å². The lowest BCUT2D eigenvalue weighted by Gasteiger charge is -2.37. The summed E-state index contributed by atoms with van der Waals surface area (Å²) < 4.78 is 0. The number of rotatable bonds is 5. The molecular weight excluding hydrogens is 230 g/mol. The monoisotopic (exact) mass is 265 g/mol. The molecule has 1 aliphatic carbocycles. The van der Waals surface area contributed by atoms with Gasteiger partial charge in [0.05, 0.1) is 0 Å². The Balaban J connectivity index is 1.63. The molecule has 1 saturated carbocycles. The van der Waals surface area contributed by atoms with Crippen molar-refractivity contribution in [1.82, 2.24) is 4.90 Å². The SMILES string of the molecule is CCC1CCC(CN2CCC(CC(C)C)CC2)CC1. The van der Waals surface area contributed by atoms with Gasteiger partial charge in [-0.25, -0.2) is 0 Å². The zero-order valence-corrected chi connectivity index (χ0v) is 13.5. The Kier molecular flexibility index (Phi) is 6.19. The molecule has 0 radical (unpaired) electrons. The van der Waals surface area contributed by atoms with Crippen molar-refractivity contribution in [1.29, 1.82) is 0 Å². The Bertz CT molecular complexity index is 232. The maximum absolute atomic E-state index is 2.77. The van der Waals surface area contributed by atoms with E-state index in [0.717, 1.165) is 23.7 Å². The summed E-state index contributed by atoms with van der Waals surface area (Å²) in [6.45, 7) is 11.3. The predicted octanol–water partition coefficient (Wildman–Crippen LogP) is 4.96. The van der Waals surface area contributed by atoms with E-state index in [0.29, 0.717) is 0 Å². The summed E-state index contributed by atoms with van der Waals surface area (Å²) in [5.41, 5.74) is 0. The van der Waals surface area contributed by atoms with Crippen molar-refractivity contribution in [2.45, 2.75) is 72.1 Å². The molecule has 2 rings (SSSR count). The zero-order chi connectivity index (χ0) is 13.7. The number of hydrogen-bond donors (Lipinski definition) is 0. The van der Waals surface area contributed by atoms with Gasteiger partial charge < -0.3 is 4.90 Å². The zero-order valence-electron chi connectivity index (χ0n) is 13.5. The fraction of sp³-hybridized carbons (Fsp3) is 1.00. The summed E-state index contributed by atoms with van der Waals surface area (Å²) in [4.78, 5) is 2.77. The second-order valence-corrected chi connectivity index (χ2v) is 7.67. The average molecular weight is 265 g/mol. The summed E-state index contributed by atoms with van der Waals surface area (Å²) >= 11 is 0. The van der Waals surface area contributed by atoms with Gasteiger partial charge in [-0.3, -0.25) is 0 Å². The van der Waals surface area contributed by atoms with Crippen LogP contribution in [-0.4, -0.2) is 24.5 Å². The van der Waals surface area contributed by atoms with Gasteiger partial charge in [-0.1, -0.05) is 40.0 Å². The van der Waals surface area contributed by atoms with Crippen LogP contribution in [0, 0.1) is 23.7 Å². The van der Waals surface area contributed by atoms with E-state index < -0.39 is 0 Å². The van der Waals surface area contributed by atoms with Crippen molar-refractivity contribution in [3.63, 3.8) is 0 Å².